The van der Waals surface area contributed by atoms with Crippen LogP contribution in [0.5, 0.6) is 0 Å². The molecular formula is C16H26FNO2S. The van der Waals surface area contributed by atoms with Crippen LogP contribution in [0.4, 0.5) is 4.39 Å². The number of benzene rings is 1. The van der Waals surface area contributed by atoms with Crippen LogP contribution in [0.1, 0.15) is 56.6 Å². The van der Waals surface area contributed by atoms with Crippen molar-refractivity contribution in [2.24, 2.45) is 0 Å². The molecule has 0 amide bonds. The first kappa shape index (κ1) is 18.1. The minimum Gasteiger partial charge on any atom is -0.211 e. The van der Waals surface area contributed by atoms with Crippen LogP contribution in [0.2, 0.25) is 0 Å². The zero-order valence-electron chi connectivity index (χ0n) is 13.2. The van der Waals surface area contributed by atoms with Gasteiger partial charge in [0.25, 0.3) is 0 Å². The van der Waals surface area contributed by atoms with Crippen LogP contribution in [-0.2, 0) is 10.0 Å². The second-order valence-corrected chi connectivity index (χ2v) is 7.24. The molecule has 0 aliphatic heterocycles. The lowest BCUT2D eigenvalue weighted by atomic mass is 10.1. The Kier molecular flexibility index (Phi) is 7.32. The van der Waals surface area contributed by atoms with Gasteiger partial charge in [-0.1, -0.05) is 39.0 Å². The molecule has 120 valence electrons. The number of hydrogen-bond donors (Lipinski definition) is 1. The van der Waals surface area contributed by atoms with Crippen LogP contribution in [0.3, 0.4) is 0 Å². The predicted molar refractivity (Wildman–Crippen MR) is 84.4 cm³/mol. The third-order valence-electron chi connectivity index (χ3n) is 3.52. The van der Waals surface area contributed by atoms with E-state index < -0.39 is 15.8 Å². The van der Waals surface area contributed by atoms with Crippen LogP contribution in [0.15, 0.2) is 17.0 Å². The third-order valence-corrected chi connectivity index (χ3v) is 5.28. The van der Waals surface area contributed by atoms with Gasteiger partial charge in [-0.25, -0.2) is 17.5 Å². The van der Waals surface area contributed by atoms with Crippen molar-refractivity contribution in [2.45, 2.75) is 64.2 Å². The SMILES string of the molecule is CCCCCCCCNS(=O)(=O)c1c(C)cc(F)cc1C. The van der Waals surface area contributed by atoms with Crippen molar-refractivity contribution in [3.63, 3.8) is 0 Å². The van der Waals surface area contributed by atoms with Gasteiger partial charge < -0.3 is 0 Å². The molecule has 1 rings (SSSR count). The lowest BCUT2D eigenvalue weighted by molar-refractivity contribution is 0.566. The molecule has 0 spiro atoms. The average Bonchev–Trinajstić information content (AvgIpc) is 2.35. The summed E-state index contributed by atoms with van der Waals surface area (Å²) in [5.74, 6) is -0.403. The van der Waals surface area contributed by atoms with Crippen LogP contribution in [-0.4, -0.2) is 15.0 Å². The minimum atomic E-state index is -3.55. The molecule has 0 aliphatic rings. The maximum atomic E-state index is 13.2. The second kappa shape index (κ2) is 8.49. The van der Waals surface area contributed by atoms with Crippen molar-refractivity contribution in [1.82, 2.24) is 4.72 Å². The minimum absolute atomic E-state index is 0.204. The molecule has 1 aromatic rings. The first-order valence-electron chi connectivity index (χ1n) is 7.65. The highest BCUT2D eigenvalue weighted by Crippen LogP contribution is 2.21. The summed E-state index contributed by atoms with van der Waals surface area (Å²) in [4.78, 5) is 0.204. The number of unbranched alkanes of at least 4 members (excludes halogenated alkanes) is 5. The van der Waals surface area contributed by atoms with Crippen LogP contribution < -0.4 is 4.72 Å². The molecular weight excluding hydrogens is 289 g/mol. The first-order valence-corrected chi connectivity index (χ1v) is 9.13. The fraction of sp³-hybridized carbons (Fsp3) is 0.625. The fourth-order valence-corrected chi connectivity index (χ4v) is 4.03. The van der Waals surface area contributed by atoms with Gasteiger partial charge in [0.1, 0.15) is 5.82 Å². The van der Waals surface area contributed by atoms with Crippen molar-refractivity contribution >= 4 is 10.0 Å². The first-order chi connectivity index (χ1) is 9.88. The van der Waals surface area contributed by atoms with E-state index in [1.165, 1.54) is 31.4 Å². The maximum absolute atomic E-state index is 13.2. The highest BCUT2D eigenvalue weighted by molar-refractivity contribution is 7.89. The highest BCUT2D eigenvalue weighted by Gasteiger charge is 2.19. The molecule has 0 radical (unpaired) electrons. The third kappa shape index (κ3) is 5.75. The van der Waals surface area contributed by atoms with Crippen molar-refractivity contribution in [3.8, 4) is 0 Å². The van der Waals surface area contributed by atoms with Crippen LogP contribution in [0.25, 0.3) is 0 Å². The molecule has 0 saturated carbocycles. The quantitative estimate of drug-likeness (QED) is 0.698. The van der Waals surface area contributed by atoms with Gasteiger partial charge in [0.2, 0.25) is 10.0 Å². The lowest BCUT2D eigenvalue weighted by Crippen LogP contribution is -2.26. The Hall–Kier alpha value is -0.940. The summed E-state index contributed by atoms with van der Waals surface area (Å²) < 4.78 is 40.4. The Morgan fingerprint density at radius 1 is 1.00 bits per heavy atom. The molecule has 1 N–H and O–H groups in total. The highest BCUT2D eigenvalue weighted by atomic mass is 32.2. The molecule has 0 atom stereocenters. The zero-order valence-corrected chi connectivity index (χ0v) is 14.0. The Morgan fingerprint density at radius 2 is 1.52 bits per heavy atom. The van der Waals surface area contributed by atoms with Gasteiger partial charge in [0.15, 0.2) is 0 Å². The van der Waals surface area contributed by atoms with Gasteiger partial charge >= 0.3 is 0 Å². The number of nitrogens with one attached hydrogen (secondary N) is 1. The molecule has 5 heteroatoms. The van der Waals surface area contributed by atoms with E-state index in [1.54, 1.807) is 13.8 Å². The van der Waals surface area contributed by atoms with E-state index in [0.29, 0.717) is 17.7 Å². The maximum Gasteiger partial charge on any atom is 0.241 e. The Labute approximate surface area is 128 Å². The summed E-state index contributed by atoms with van der Waals surface area (Å²) in [5.41, 5.74) is 0.894. The standard InChI is InChI=1S/C16H26FNO2S/c1-4-5-6-7-8-9-10-18-21(19,20)16-13(2)11-15(17)12-14(16)3/h11-12,18H,4-10H2,1-3H3. The monoisotopic (exact) mass is 315 g/mol. The number of sulfonamides is 1. The second-order valence-electron chi connectivity index (χ2n) is 5.53. The molecule has 0 saturated heterocycles. The van der Waals surface area contributed by atoms with Crippen LogP contribution >= 0.6 is 0 Å². The Balaban J connectivity index is 2.55. The summed E-state index contributed by atoms with van der Waals surface area (Å²) in [5, 5.41) is 0. The van der Waals surface area contributed by atoms with E-state index in [4.69, 9.17) is 0 Å². The number of rotatable bonds is 9. The zero-order chi connectivity index (χ0) is 15.9. The fourth-order valence-electron chi connectivity index (χ4n) is 2.51. The van der Waals surface area contributed by atoms with E-state index in [2.05, 4.69) is 11.6 Å². The largest absolute Gasteiger partial charge is 0.241 e. The molecule has 0 heterocycles. The average molecular weight is 315 g/mol. The molecule has 3 nitrogen and oxygen atoms in total. The summed E-state index contributed by atoms with van der Waals surface area (Å²) in [6.45, 7) is 5.84. The molecule has 0 bridgehead atoms. The van der Waals surface area contributed by atoms with Gasteiger partial charge in [0, 0.05) is 6.54 Å². The van der Waals surface area contributed by atoms with Gasteiger partial charge in [-0.3, -0.25) is 0 Å². The number of hydrogen-bond acceptors (Lipinski definition) is 2. The van der Waals surface area contributed by atoms with E-state index in [1.807, 2.05) is 0 Å². The molecule has 0 aromatic heterocycles. The van der Waals surface area contributed by atoms with E-state index in [0.717, 1.165) is 19.3 Å². The van der Waals surface area contributed by atoms with E-state index >= 15 is 0 Å². The number of halogens is 1. The van der Waals surface area contributed by atoms with Gasteiger partial charge in [-0.2, -0.15) is 0 Å². The summed E-state index contributed by atoms with van der Waals surface area (Å²) in [6.07, 6.45) is 6.66. The van der Waals surface area contributed by atoms with Crippen LogP contribution in [0, 0.1) is 19.7 Å². The van der Waals surface area contributed by atoms with Gasteiger partial charge in [-0.05, 0) is 43.5 Å². The lowest BCUT2D eigenvalue weighted by Gasteiger charge is -2.12. The molecule has 1 aromatic carbocycles. The predicted octanol–water partition coefficient (Wildman–Crippen LogP) is 4.08. The topological polar surface area (TPSA) is 46.2 Å². The van der Waals surface area contributed by atoms with Crippen molar-refractivity contribution in [2.75, 3.05) is 6.54 Å². The summed E-state index contributed by atoms with van der Waals surface area (Å²) >= 11 is 0. The molecule has 0 aliphatic carbocycles. The van der Waals surface area contributed by atoms with Crippen molar-refractivity contribution in [3.05, 3.63) is 29.1 Å². The molecule has 0 unspecified atom stereocenters. The van der Waals surface area contributed by atoms with E-state index in [-0.39, 0.29) is 4.90 Å². The molecule has 0 fully saturated rings. The number of aryl methyl sites for hydroxylation is 2. The molecule has 21 heavy (non-hydrogen) atoms. The summed E-state index contributed by atoms with van der Waals surface area (Å²) in [6, 6.07) is 2.51. The van der Waals surface area contributed by atoms with E-state index in [9.17, 15) is 12.8 Å². The van der Waals surface area contributed by atoms with Gasteiger partial charge in [0.05, 0.1) is 4.90 Å². The summed E-state index contributed by atoms with van der Waals surface area (Å²) in [7, 11) is -3.55. The van der Waals surface area contributed by atoms with Crippen molar-refractivity contribution < 1.29 is 12.8 Å². The Bertz CT molecular complexity index is 532. The Morgan fingerprint density at radius 3 is 2.10 bits per heavy atom. The smallest absolute Gasteiger partial charge is 0.211 e. The van der Waals surface area contributed by atoms with Crippen molar-refractivity contribution in [1.29, 1.82) is 0 Å². The van der Waals surface area contributed by atoms with Gasteiger partial charge in [-0.15, -0.1) is 0 Å². The normalized spacial score (nSPS) is 11.8.